The summed E-state index contributed by atoms with van der Waals surface area (Å²) in [7, 11) is -1.96. The number of benzene rings is 2. The van der Waals surface area contributed by atoms with Crippen LogP contribution in [0.15, 0.2) is 72.1 Å². The van der Waals surface area contributed by atoms with Gasteiger partial charge >= 0.3 is 0 Å². The first-order valence-corrected chi connectivity index (χ1v) is 9.01. The molecule has 0 spiro atoms. The van der Waals surface area contributed by atoms with Gasteiger partial charge in [0.1, 0.15) is 18.4 Å². The van der Waals surface area contributed by atoms with Crippen LogP contribution in [0.25, 0.3) is 0 Å². The van der Waals surface area contributed by atoms with Crippen molar-refractivity contribution in [2.45, 2.75) is 10.9 Å². The van der Waals surface area contributed by atoms with Crippen molar-refractivity contribution in [1.82, 2.24) is 14.8 Å². The minimum Gasteiger partial charge on any atom is -0.497 e. The second kappa shape index (κ2) is 6.84. The molecule has 1 unspecified atom stereocenters. The molecule has 124 valence electrons. The highest BCUT2D eigenvalue weighted by molar-refractivity contribution is 7.91. The molecule has 1 atom stereocenters. The highest BCUT2D eigenvalue weighted by atomic mass is 32.2. The first kappa shape index (κ1) is 16.2. The molecule has 6 nitrogen and oxygen atoms in total. The molecule has 1 heterocycles. The van der Waals surface area contributed by atoms with Gasteiger partial charge < -0.3 is 4.74 Å². The minimum absolute atomic E-state index is 0.104. The molecule has 24 heavy (non-hydrogen) atoms. The lowest BCUT2D eigenvalue weighted by atomic mass is 10.1. The van der Waals surface area contributed by atoms with Crippen molar-refractivity contribution in [1.29, 1.82) is 0 Å². The van der Waals surface area contributed by atoms with Gasteiger partial charge in [0.25, 0.3) is 0 Å². The zero-order valence-corrected chi connectivity index (χ0v) is 13.9. The Morgan fingerprint density at radius 2 is 1.79 bits per heavy atom. The molecule has 0 N–H and O–H groups in total. The molecule has 7 heteroatoms. The minimum atomic E-state index is -3.50. The monoisotopic (exact) mass is 343 g/mol. The Bertz CT molecular complexity index is 877. The first-order chi connectivity index (χ1) is 11.6. The predicted molar refractivity (Wildman–Crippen MR) is 89.6 cm³/mol. The summed E-state index contributed by atoms with van der Waals surface area (Å²) in [6.45, 7) is 0. The van der Waals surface area contributed by atoms with Crippen molar-refractivity contribution in [2.75, 3.05) is 12.9 Å². The van der Waals surface area contributed by atoms with Gasteiger partial charge in [-0.25, -0.2) is 18.1 Å². The number of ether oxygens (including phenoxy) is 1. The summed E-state index contributed by atoms with van der Waals surface area (Å²) >= 11 is 0. The Hall–Kier alpha value is -2.67. The standard InChI is InChI=1S/C17H17N3O3S/c1-23-15-7-9-16(10-8-15)24(21,22)11-17(20-13-18-12-19-20)14-5-3-2-4-6-14/h2-10,12-13,17H,11H2,1H3. The van der Waals surface area contributed by atoms with Gasteiger partial charge in [0.15, 0.2) is 9.84 Å². The first-order valence-electron chi connectivity index (χ1n) is 7.36. The molecule has 0 aliphatic carbocycles. The zero-order chi connectivity index (χ0) is 17.0. The van der Waals surface area contributed by atoms with Gasteiger partial charge in [0.05, 0.1) is 23.8 Å². The van der Waals surface area contributed by atoms with Crippen LogP contribution < -0.4 is 4.74 Å². The lowest BCUT2D eigenvalue weighted by Gasteiger charge is -2.18. The molecule has 0 saturated heterocycles. The molecule has 2 aromatic carbocycles. The van der Waals surface area contributed by atoms with Gasteiger partial charge in [-0.15, -0.1) is 0 Å². The number of hydrogen-bond acceptors (Lipinski definition) is 5. The molecule has 0 saturated carbocycles. The topological polar surface area (TPSA) is 74.1 Å². The molecule has 0 bridgehead atoms. The van der Waals surface area contributed by atoms with E-state index in [1.165, 1.54) is 12.7 Å². The second-order valence-electron chi connectivity index (χ2n) is 5.26. The van der Waals surface area contributed by atoms with Crippen molar-refractivity contribution in [3.05, 3.63) is 72.8 Å². The number of sulfone groups is 1. The van der Waals surface area contributed by atoms with Crippen LogP contribution in [-0.2, 0) is 9.84 Å². The predicted octanol–water partition coefficient (Wildman–Crippen LogP) is 2.35. The fourth-order valence-electron chi connectivity index (χ4n) is 2.47. The van der Waals surface area contributed by atoms with E-state index in [9.17, 15) is 8.42 Å². The highest BCUT2D eigenvalue weighted by Crippen LogP contribution is 2.24. The number of rotatable bonds is 6. The van der Waals surface area contributed by atoms with Gasteiger partial charge in [-0.2, -0.15) is 5.10 Å². The van der Waals surface area contributed by atoms with E-state index in [0.29, 0.717) is 5.75 Å². The van der Waals surface area contributed by atoms with Crippen LogP contribution in [-0.4, -0.2) is 36.0 Å². The number of methoxy groups -OCH3 is 1. The Morgan fingerprint density at radius 1 is 1.08 bits per heavy atom. The lowest BCUT2D eigenvalue weighted by Crippen LogP contribution is -2.22. The quantitative estimate of drug-likeness (QED) is 0.687. The summed E-state index contributed by atoms with van der Waals surface area (Å²) in [5.41, 5.74) is 0.861. The second-order valence-corrected chi connectivity index (χ2v) is 7.29. The van der Waals surface area contributed by atoms with Crippen molar-refractivity contribution in [3.8, 4) is 5.75 Å². The largest absolute Gasteiger partial charge is 0.497 e. The molecule has 0 fully saturated rings. The van der Waals surface area contributed by atoms with E-state index >= 15 is 0 Å². The maximum Gasteiger partial charge on any atom is 0.180 e. The average molecular weight is 343 g/mol. The van der Waals surface area contributed by atoms with Crippen LogP contribution in [0.5, 0.6) is 5.75 Å². The number of nitrogens with zero attached hydrogens (tertiary/aromatic N) is 3. The van der Waals surface area contributed by atoms with E-state index in [1.54, 1.807) is 36.1 Å². The van der Waals surface area contributed by atoms with Crippen LogP contribution in [0.2, 0.25) is 0 Å². The van der Waals surface area contributed by atoms with E-state index in [2.05, 4.69) is 10.1 Å². The molecular formula is C17H17N3O3S. The Balaban J connectivity index is 1.94. The Kier molecular flexibility index (Phi) is 4.61. The summed E-state index contributed by atoms with van der Waals surface area (Å²) in [5, 5.41) is 4.12. The molecular weight excluding hydrogens is 326 g/mol. The third-order valence-electron chi connectivity index (χ3n) is 3.74. The fraction of sp³-hybridized carbons (Fsp3) is 0.176. The maximum absolute atomic E-state index is 12.8. The molecule has 1 aromatic heterocycles. The maximum atomic E-state index is 12.8. The van der Waals surface area contributed by atoms with Crippen LogP contribution in [0, 0.1) is 0 Å². The van der Waals surface area contributed by atoms with Crippen molar-refractivity contribution in [2.24, 2.45) is 0 Å². The van der Waals surface area contributed by atoms with Crippen LogP contribution in [0.1, 0.15) is 11.6 Å². The molecule has 3 rings (SSSR count). The highest BCUT2D eigenvalue weighted by Gasteiger charge is 2.24. The summed E-state index contributed by atoms with van der Waals surface area (Å²) in [5.74, 6) is 0.511. The summed E-state index contributed by atoms with van der Waals surface area (Å²) in [6.07, 6.45) is 2.93. The van der Waals surface area contributed by atoms with Crippen molar-refractivity contribution >= 4 is 9.84 Å². The van der Waals surface area contributed by atoms with Crippen LogP contribution >= 0.6 is 0 Å². The third-order valence-corrected chi connectivity index (χ3v) is 5.48. The van der Waals surface area contributed by atoms with E-state index in [1.807, 2.05) is 30.3 Å². The molecule has 0 radical (unpaired) electrons. The SMILES string of the molecule is COc1ccc(S(=O)(=O)CC(c2ccccc2)n2cncn2)cc1. The van der Waals surface area contributed by atoms with E-state index in [-0.39, 0.29) is 10.6 Å². The average Bonchev–Trinajstić information content (AvgIpc) is 3.15. The van der Waals surface area contributed by atoms with Crippen LogP contribution in [0.4, 0.5) is 0 Å². The van der Waals surface area contributed by atoms with Crippen LogP contribution in [0.3, 0.4) is 0 Å². The van der Waals surface area contributed by atoms with Crippen molar-refractivity contribution < 1.29 is 13.2 Å². The lowest BCUT2D eigenvalue weighted by molar-refractivity contribution is 0.414. The smallest absolute Gasteiger partial charge is 0.180 e. The summed E-state index contributed by atoms with van der Waals surface area (Å²) in [6, 6.07) is 15.3. The Labute approximate surface area is 140 Å². The molecule has 3 aromatic rings. The summed E-state index contributed by atoms with van der Waals surface area (Å²) in [4.78, 5) is 4.19. The zero-order valence-electron chi connectivity index (χ0n) is 13.1. The van der Waals surface area contributed by atoms with E-state index in [4.69, 9.17) is 4.74 Å². The van der Waals surface area contributed by atoms with Gasteiger partial charge in [-0.3, -0.25) is 0 Å². The molecule has 0 aliphatic rings. The Morgan fingerprint density at radius 3 is 2.38 bits per heavy atom. The fourth-order valence-corrected chi connectivity index (χ4v) is 3.97. The molecule has 0 amide bonds. The van der Waals surface area contributed by atoms with Gasteiger partial charge in [0, 0.05) is 0 Å². The van der Waals surface area contributed by atoms with Crippen molar-refractivity contribution in [3.63, 3.8) is 0 Å². The third kappa shape index (κ3) is 3.46. The van der Waals surface area contributed by atoms with E-state index in [0.717, 1.165) is 5.56 Å². The summed E-state index contributed by atoms with van der Waals surface area (Å²) < 4.78 is 32.3. The number of hydrogen-bond donors (Lipinski definition) is 0. The van der Waals surface area contributed by atoms with E-state index < -0.39 is 15.9 Å². The normalized spacial score (nSPS) is 12.7. The molecule has 0 aliphatic heterocycles. The van der Waals surface area contributed by atoms with Gasteiger partial charge in [0.2, 0.25) is 0 Å². The number of aromatic nitrogens is 3. The van der Waals surface area contributed by atoms with Gasteiger partial charge in [-0.1, -0.05) is 30.3 Å². The van der Waals surface area contributed by atoms with Gasteiger partial charge in [-0.05, 0) is 29.8 Å².